The van der Waals surface area contributed by atoms with E-state index in [1.54, 1.807) is 35.6 Å². The predicted molar refractivity (Wildman–Crippen MR) is 103 cm³/mol. The molecule has 1 saturated heterocycles. The molecular weight excluding hydrogens is 357 g/mol. The van der Waals surface area contributed by atoms with Crippen LogP contribution in [-0.4, -0.2) is 43.4 Å². The lowest BCUT2D eigenvalue weighted by Gasteiger charge is -2.32. The molecule has 0 aliphatic carbocycles. The summed E-state index contributed by atoms with van der Waals surface area (Å²) in [4.78, 5) is 28.1. The minimum absolute atomic E-state index is 0.105. The molecule has 1 aromatic carbocycles. The van der Waals surface area contributed by atoms with Gasteiger partial charge in [0.25, 0.3) is 5.91 Å². The van der Waals surface area contributed by atoms with Gasteiger partial charge in [-0.2, -0.15) is 0 Å². The molecule has 4 rings (SSSR count). The summed E-state index contributed by atoms with van der Waals surface area (Å²) < 4.78 is 15.5. The van der Waals surface area contributed by atoms with Crippen LogP contribution in [0.2, 0.25) is 0 Å². The van der Waals surface area contributed by atoms with Crippen LogP contribution in [0, 0.1) is 12.7 Å². The van der Waals surface area contributed by atoms with Gasteiger partial charge in [-0.3, -0.25) is 9.78 Å². The van der Waals surface area contributed by atoms with E-state index >= 15 is 0 Å². The molecule has 1 atom stereocenters. The normalized spacial score (nSPS) is 17.0. The van der Waals surface area contributed by atoms with E-state index in [9.17, 15) is 9.18 Å². The van der Waals surface area contributed by atoms with Crippen LogP contribution >= 0.6 is 0 Å². The van der Waals surface area contributed by atoms with E-state index in [1.807, 2.05) is 18.5 Å². The molecule has 28 heavy (non-hydrogen) atoms. The van der Waals surface area contributed by atoms with Gasteiger partial charge < -0.3 is 9.47 Å². The van der Waals surface area contributed by atoms with Gasteiger partial charge in [0.15, 0.2) is 0 Å². The van der Waals surface area contributed by atoms with Gasteiger partial charge in [-0.05, 0) is 38.0 Å². The number of halogens is 1. The van der Waals surface area contributed by atoms with Crippen molar-refractivity contribution in [2.24, 2.45) is 7.05 Å². The van der Waals surface area contributed by atoms with Gasteiger partial charge in [0, 0.05) is 37.8 Å². The molecule has 1 aliphatic rings. The molecule has 1 aliphatic heterocycles. The van der Waals surface area contributed by atoms with E-state index in [4.69, 9.17) is 4.98 Å². The van der Waals surface area contributed by atoms with E-state index < -0.39 is 5.82 Å². The van der Waals surface area contributed by atoms with Gasteiger partial charge in [-0.15, -0.1) is 0 Å². The van der Waals surface area contributed by atoms with Gasteiger partial charge in [-0.1, -0.05) is 6.07 Å². The topological polar surface area (TPSA) is 63.9 Å². The van der Waals surface area contributed by atoms with Crippen LogP contribution in [0.3, 0.4) is 0 Å². The Morgan fingerprint density at radius 2 is 2.11 bits per heavy atom. The summed E-state index contributed by atoms with van der Waals surface area (Å²) in [6.07, 6.45) is 7.12. The van der Waals surface area contributed by atoms with Crippen molar-refractivity contribution in [3.05, 3.63) is 65.8 Å². The fraction of sp³-hybridized carbons (Fsp3) is 0.333. The zero-order valence-corrected chi connectivity index (χ0v) is 16.0. The number of aromatic nitrogens is 4. The molecule has 6 nitrogen and oxygen atoms in total. The standard InChI is InChI=1S/C21H22FN5O/c1-14-24-12-20(26(14)2)19-11-23-10-18(25-19)16-6-4-8-27(13-16)21(28)15-5-3-7-17(22)9-15/h3,5,7,9-12,16H,4,6,8,13H2,1-2H3. The number of rotatable bonds is 3. The number of likely N-dealkylation sites (tertiary alicyclic amines) is 1. The monoisotopic (exact) mass is 379 g/mol. The maximum absolute atomic E-state index is 13.5. The molecule has 7 heteroatoms. The third-order valence-electron chi connectivity index (χ3n) is 5.33. The highest BCUT2D eigenvalue weighted by Crippen LogP contribution is 2.28. The van der Waals surface area contributed by atoms with Crippen LogP contribution in [0.15, 0.2) is 42.9 Å². The largest absolute Gasteiger partial charge is 0.338 e. The highest BCUT2D eigenvalue weighted by Gasteiger charge is 2.27. The first-order valence-corrected chi connectivity index (χ1v) is 9.38. The first-order valence-electron chi connectivity index (χ1n) is 9.38. The molecule has 0 spiro atoms. The van der Waals surface area contributed by atoms with Gasteiger partial charge in [-0.25, -0.2) is 14.4 Å². The van der Waals surface area contributed by atoms with Gasteiger partial charge in [0.05, 0.1) is 23.8 Å². The van der Waals surface area contributed by atoms with E-state index in [2.05, 4.69) is 9.97 Å². The van der Waals surface area contributed by atoms with Gasteiger partial charge in [0.2, 0.25) is 0 Å². The van der Waals surface area contributed by atoms with Crippen molar-refractivity contribution in [2.45, 2.75) is 25.7 Å². The van der Waals surface area contributed by atoms with E-state index in [0.717, 1.165) is 35.7 Å². The molecule has 3 aromatic rings. The second-order valence-electron chi connectivity index (χ2n) is 7.18. The second-order valence-corrected chi connectivity index (χ2v) is 7.18. The average molecular weight is 379 g/mol. The molecule has 0 bridgehead atoms. The maximum Gasteiger partial charge on any atom is 0.253 e. The summed E-state index contributed by atoms with van der Waals surface area (Å²) in [6, 6.07) is 5.85. The van der Waals surface area contributed by atoms with Crippen LogP contribution < -0.4 is 0 Å². The van der Waals surface area contributed by atoms with Crippen LogP contribution in [0.5, 0.6) is 0 Å². The summed E-state index contributed by atoms with van der Waals surface area (Å²) in [5.74, 6) is 0.472. The molecule has 0 saturated carbocycles. The second kappa shape index (κ2) is 7.50. The third kappa shape index (κ3) is 3.52. The molecule has 2 aromatic heterocycles. The van der Waals surface area contributed by atoms with Crippen LogP contribution in [0.1, 0.15) is 40.6 Å². The number of carbonyl (C=O) groups excluding carboxylic acids is 1. The van der Waals surface area contributed by atoms with Crippen LogP contribution in [0.4, 0.5) is 4.39 Å². The fourth-order valence-corrected chi connectivity index (χ4v) is 3.65. The van der Waals surface area contributed by atoms with Crippen molar-refractivity contribution in [2.75, 3.05) is 13.1 Å². The number of hydrogen-bond acceptors (Lipinski definition) is 4. The fourth-order valence-electron chi connectivity index (χ4n) is 3.65. The SMILES string of the molecule is Cc1ncc(-c2cncc(C3CCCN(C(=O)c4cccc(F)c4)C3)n2)n1C. The number of amides is 1. The van der Waals surface area contributed by atoms with Crippen molar-refractivity contribution < 1.29 is 9.18 Å². The number of aryl methyl sites for hydroxylation is 1. The zero-order valence-electron chi connectivity index (χ0n) is 16.0. The number of hydrogen-bond donors (Lipinski definition) is 0. The lowest BCUT2D eigenvalue weighted by molar-refractivity contribution is 0.0705. The number of benzene rings is 1. The highest BCUT2D eigenvalue weighted by atomic mass is 19.1. The Bertz CT molecular complexity index is 1020. The minimum Gasteiger partial charge on any atom is -0.338 e. The van der Waals surface area contributed by atoms with Crippen molar-refractivity contribution >= 4 is 5.91 Å². The molecule has 1 unspecified atom stereocenters. The van der Waals surface area contributed by atoms with E-state index in [1.165, 1.54) is 12.1 Å². The van der Waals surface area contributed by atoms with Crippen molar-refractivity contribution in [3.63, 3.8) is 0 Å². The number of imidazole rings is 1. The molecule has 0 radical (unpaired) electrons. The summed E-state index contributed by atoms with van der Waals surface area (Å²) in [5.41, 5.74) is 2.93. The average Bonchev–Trinajstić information content (AvgIpc) is 3.06. The number of nitrogens with zero attached hydrogens (tertiary/aromatic N) is 5. The van der Waals surface area contributed by atoms with Crippen LogP contribution in [-0.2, 0) is 7.05 Å². The molecular formula is C21H22FN5O. The lowest BCUT2D eigenvalue weighted by Crippen LogP contribution is -2.39. The summed E-state index contributed by atoms with van der Waals surface area (Å²) in [5, 5.41) is 0. The molecule has 3 heterocycles. The summed E-state index contributed by atoms with van der Waals surface area (Å²) in [6.45, 7) is 3.16. The first-order chi connectivity index (χ1) is 13.5. The molecule has 1 fully saturated rings. The maximum atomic E-state index is 13.5. The minimum atomic E-state index is -0.399. The Kier molecular flexibility index (Phi) is 4.90. The van der Waals surface area contributed by atoms with E-state index in [-0.39, 0.29) is 11.8 Å². The molecule has 0 N–H and O–H groups in total. The molecule has 144 valence electrons. The quantitative estimate of drug-likeness (QED) is 0.700. The lowest BCUT2D eigenvalue weighted by atomic mass is 9.94. The third-order valence-corrected chi connectivity index (χ3v) is 5.33. The van der Waals surface area contributed by atoms with Crippen molar-refractivity contribution in [1.82, 2.24) is 24.4 Å². The Morgan fingerprint density at radius 1 is 1.25 bits per heavy atom. The highest BCUT2D eigenvalue weighted by molar-refractivity contribution is 5.94. The molecule has 1 amide bonds. The zero-order chi connectivity index (χ0) is 19.7. The Morgan fingerprint density at radius 3 is 2.86 bits per heavy atom. The number of carbonyl (C=O) groups is 1. The first kappa shape index (κ1) is 18.3. The summed E-state index contributed by atoms with van der Waals surface area (Å²) in [7, 11) is 1.95. The van der Waals surface area contributed by atoms with Crippen molar-refractivity contribution in [3.8, 4) is 11.4 Å². The Hall–Kier alpha value is -3.09. The van der Waals surface area contributed by atoms with Gasteiger partial charge in [0.1, 0.15) is 17.3 Å². The number of piperidine rings is 1. The van der Waals surface area contributed by atoms with Gasteiger partial charge >= 0.3 is 0 Å². The summed E-state index contributed by atoms with van der Waals surface area (Å²) >= 11 is 0. The predicted octanol–water partition coefficient (Wildman–Crippen LogP) is 3.34. The smallest absolute Gasteiger partial charge is 0.253 e. The van der Waals surface area contributed by atoms with E-state index in [0.29, 0.717) is 18.7 Å². The Balaban J connectivity index is 1.56. The Labute approximate surface area is 163 Å². The van der Waals surface area contributed by atoms with Crippen LogP contribution in [0.25, 0.3) is 11.4 Å². The van der Waals surface area contributed by atoms with Crippen molar-refractivity contribution in [1.29, 1.82) is 0 Å².